The number of likely N-dealkylation sites (tertiary alicyclic amines) is 1. The van der Waals surface area contributed by atoms with Crippen molar-refractivity contribution >= 4 is 11.6 Å². The summed E-state index contributed by atoms with van der Waals surface area (Å²) in [6, 6.07) is 6.14. The van der Waals surface area contributed by atoms with Crippen molar-refractivity contribution < 1.29 is 4.79 Å². The summed E-state index contributed by atoms with van der Waals surface area (Å²) < 4.78 is 0. The van der Waals surface area contributed by atoms with Crippen molar-refractivity contribution in [2.45, 2.75) is 19.8 Å². The standard InChI is InChI=1S/C16H23N3O/c1-13-14(16(20)19-9-2-3-10-19)5-4-6-15(13)18-11-7-17-8-12-18/h4-6,17H,2-3,7-12H2,1H3. The van der Waals surface area contributed by atoms with Gasteiger partial charge < -0.3 is 15.1 Å². The predicted molar refractivity (Wildman–Crippen MR) is 81.4 cm³/mol. The van der Waals surface area contributed by atoms with E-state index >= 15 is 0 Å². The number of piperazine rings is 1. The molecule has 1 N–H and O–H groups in total. The number of rotatable bonds is 2. The van der Waals surface area contributed by atoms with Crippen molar-refractivity contribution in [3.63, 3.8) is 0 Å². The fourth-order valence-electron chi connectivity index (χ4n) is 3.19. The summed E-state index contributed by atoms with van der Waals surface area (Å²) in [6.45, 7) is 7.98. The molecular weight excluding hydrogens is 250 g/mol. The Morgan fingerprint density at radius 1 is 1.10 bits per heavy atom. The Hall–Kier alpha value is -1.55. The van der Waals surface area contributed by atoms with Crippen LogP contribution in [0, 0.1) is 6.92 Å². The molecule has 0 unspecified atom stereocenters. The monoisotopic (exact) mass is 273 g/mol. The largest absolute Gasteiger partial charge is 0.369 e. The average Bonchev–Trinajstić information content (AvgIpc) is 3.02. The maximum absolute atomic E-state index is 12.6. The molecule has 0 bridgehead atoms. The Kier molecular flexibility index (Phi) is 3.92. The molecule has 0 saturated carbocycles. The minimum absolute atomic E-state index is 0.206. The molecule has 2 saturated heterocycles. The third-order valence-electron chi connectivity index (χ3n) is 4.39. The Morgan fingerprint density at radius 2 is 1.80 bits per heavy atom. The van der Waals surface area contributed by atoms with Gasteiger partial charge in [-0.05, 0) is 37.5 Å². The van der Waals surface area contributed by atoms with Crippen LogP contribution in [0.1, 0.15) is 28.8 Å². The van der Waals surface area contributed by atoms with Gasteiger partial charge >= 0.3 is 0 Å². The molecule has 2 heterocycles. The highest BCUT2D eigenvalue weighted by Crippen LogP contribution is 2.25. The fraction of sp³-hybridized carbons (Fsp3) is 0.562. The maximum atomic E-state index is 12.6. The van der Waals surface area contributed by atoms with E-state index in [0.717, 1.165) is 63.2 Å². The molecule has 0 aromatic heterocycles. The third-order valence-corrected chi connectivity index (χ3v) is 4.39. The van der Waals surface area contributed by atoms with Gasteiger partial charge in [0.15, 0.2) is 0 Å². The lowest BCUT2D eigenvalue weighted by atomic mass is 10.0. The van der Waals surface area contributed by atoms with Gasteiger partial charge in [-0.3, -0.25) is 4.79 Å². The molecule has 108 valence electrons. The summed E-state index contributed by atoms with van der Waals surface area (Å²) in [4.78, 5) is 17.0. The van der Waals surface area contributed by atoms with Crippen LogP contribution in [0.5, 0.6) is 0 Å². The maximum Gasteiger partial charge on any atom is 0.254 e. The molecule has 0 atom stereocenters. The summed E-state index contributed by atoms with van der Waals surface area (Å²) in [5.41, 5.74) is 3.23. The van der Waals surface area contributed by atoms with E-state index in [2.05, 4.69) is 23.2 Å². The van der Waals surface area contributed by atoms with E-state index in [1.54, 1.807) is 0 Å². The molecule has 1 aromatic rings. The van der Waals surface area contributed by atoms with E-state index in [-0.39, 0.29) is 5.91 Å². The number of amides is 1. The number of nitrogens with one attached hydrogen (secondary N) is 1. The Morgan fingerprint density at radius 3 is 2.50 bits per heavy atom. The van der Waals surface area contributed by atoms with Gasteiger partial charge in [0.2, 0.25) is 0 Å². The van der Waals surface area contributed by atoms with Crippen LogP contribution in [-0.4, -0.2) is 50.1 Å². The zero-order chi connectivity index (χ0) is 13.9. The smallest absolute Gasteiger partial charge is 0.254 e. The first-order valence-electron chi connectivity index (χ1n) is 7.62. The molecule has 2 aliphatic rings. The van der Waals surface area contributed by atoms with Crippen molar-refractivity contribution in [2.24, 2.45) is 0 Å². The van der Waals surface area contributed by atoms with Crippen LogP contribution in [0.4, 0.5) is 5.69 Å². The van der Waals surface area contributed by atoms with Crippen LogP contribution < -0.4 is 10.2 Å². The zero-order valence-electron chi connectivity index (χ0n) is 12.2. The lowest BCUT2D eigenvalue weighted by Gasteiger charge is -2.31. The van der Waals surface area contributed by atoms with Crippen LogP contribution in [0.25, 0.3) is 0 Å². The average molecular weight is 273 g/mol. The second-order valence-electron chi connectivity index (χ2n) is 5.69. The van der Waals surface area contributed by atoms with Gasteiger partial charge in [0.1, 0.15) is 0 Å². The Balaban J connectivity index is 1.86. The zero-order valence-corrected chi connectivity index (χ0v) is 12.2. The van der Waals surface area contributed by atoms with Gasteiger partial charge in [-0.2, -0.15) is 0 Å². The van der Waals surface area contributed by atoms with Crippen molar-refractivity contribution in [3.05, 3.63) is 29.3 Å². The Bertz CT molecular complexity index is 488. The summed E-state index contributed by atoms with van der Waals surface area (Å²) in [5.74, 6) is 0.206. The summed E-state index contributed by atoms with van der Waals surface area (Å²) in [7, 11) is 0. The second-order valence-corrected chi connectivity index (χ2v) is 5.69. The first kappa shape index (κ1) is 13.4. The van der Waals surface area contributed by atoms with Crippen LogP contribution in [0.3, 0.4) is 0 Å². The van der Waals surface area contributed by atoms with E-state index in [1.165, 1.54) is 5.69 Å². The van der Waals surface area contributed by atoms with Crippen molar-refractivity contribution in [2.75, 3.05) is 44.2 Å². The highest BCUT2D eigenvalue weighted by Gasteiger charge is 2.23. The molecule has 1 amide bonds. The third kappa shape index (κ3) is 2.52. The molecule has 4 heteroatoms. The highest BCUT2D eigenvalue weighted by atomic mass is 16.2. The van der Waals surface area contributed by atoms with Gasteiger partial charge in [0.25, 0.3) is 5.91 Å². The fourth-order valence-corrected chi connectivity index (χ4v) is 3.19. The van der Waals surface area contributed by atoms with Crippen molar-refractivity contribution in [1.29, 1.82) is 0 Å². The minimum Gasteiger partial charge on any atom is -0.369 e. The van der Waals surface area contributed by atoms with Crippen molar-refractivity contribution in [3.8, 4) is 0 Å². The minimum atomic E-state index is 0.206. The number of carbonyl (C=O) groups is 1. The van der Waals surface area contributed by atoms with E-state index < -0.39 is 0 Å². The normalized spacial score (nSPS) is 19.4. The van der Waals surface area contributed by atoms with Gasteiger partial charge in [-0.25, -0.2) is 0 Å². The van der Waals surface area contributed by atoms with Gasteiger partial charge in [-0.15, -0.1) is 0 Å². The topological polar surface area (TPSA) is 35.6 Å². The van der Waals surface area contributed by atoms with Crippen molar-refractivity contribution in [1.82, 2.24) is 10.2 Å². The second kappa shape index (κ2) is 5.83. The molecule has 4 nitrogen and oxygen atoms in total. The molecule has 3 rings (SSSR count). The molecule has 0 radical (unpaired) electrons. The molecule has 0 aliphatic carbocycles. The first-order valence-corrected chi connectivity index (χ1v) is 7.62. The van der Waals surface area contributed by atoms with Gasteiger partial charge in [0, 0.05) is 50.5 Å². The molecule has 2 fully saturated rings. The number of hydrogen-bond acceptors (Lipinski definition) is 3. The SMILES string of the molecule is Cc1c(C(=O)N2CCCC2)cccc1N1CCNCC1. The van der Waals surface area contributed by atoms with Crippen LogP contribution in [-0.2, 0) is 0 Å². The molecule has 1 aromatic carbocycles. The molecule has 20 heavy (non-hydrogen) atoms. The lowest BCUT2D eigenvalue weighted by Crippen LogP contribution is -2.44. The molecular formula is C16H23N3O. The summed E-state index contributed by atoms with van der Waals surface area (Å²) in [6.07, 6.45) is 2.28. The van der Waals surface area contributed by atoms with E-state index in [9.17, 15) is 4.79 Å². The highest BCUT2D eigenvalue weighted by molar-refractivity contribution is 5.97. The van der Waals surface area contributed by atoms with E-state index in [0.29, 0.717) is 0 Å². The van der Waals surface area contributed by atoms with E-state index in [1.807, 2.05) is 17.0 Å². The quantitative estimate of drug-likeness (QED) is 0.890. The number of anilines is 1. The van der Waals surface area contributed by atoms with Crippen LogP contribution >= 0.6 is 0 Å². The lowest BCUT2D eigenvalue weighted by molar-refractivity contribution is 0.0792. The van der Waals surface area contributed by atoms with E-state index in [4.69, 9.17) is 0 Å². The van der Waals surface area contributed by atoms with Gasteiger partial charge in [0.05, 0.1) is 0 Å². The molecule has 2 aliphatic heterocycles. The van der Waals surface area contributed by atoms with Crippen LogP contribution in [0.15, 0.2) is 18.2 Å². The van der Waals surface area contributed by atoms with Gasteiger partial charge in [-0.1, -0.05) is 6.07 Å². The summed E-state index contributed by atoms with van der Waals surface area (Å²) >= 11 is 0. The number of nitrogens with zero attached hydrogens (tertiary/aromatic N) is 2. The number of carbonyl (C=O) groups excluding carboxylic acids is 1. The predicted octanol–water partition coefficient (Wildman–Crippen LogP) is 1.64. The first-order chi connectivity index (χ1) is 9.77. The number of hydrogen-bond donors (Lipinski definition) is 1. The number of benzene rings is 1. The molecule has 0 spiro atoms. The Labute approximate surface area is 120 Å². The summed E-state index contributed by atoms with van der Waals surface area (Å²) in [5, 5.41) is 3.37. The van der Waals surface area contributed by atoms with Crippen LogP contribution in [0.2, 0.25) is 0 Å².